The summed E-state index contributed by atoms with van der Waals surface area (Å²) in [5, 5.41) is 11.7. The summed E-state index contributed by atoms with van der Waals surface area (Å²) in [6, 6.07) is 20.1. The van der Waals surface area contributed by atoms with Gasteiger partial charge in [-0.25, -0.2) is 4.68 Å². The molecule has 2 heterocycles. The number of nitrogens with zero attached hydrogens (tertiary/aromatic N) is 3. The highest BCUT2D eigenvalue weighted by atomic mass is 35.5. The lowest BCUT2D eigenvalue weighted by atomic mass is 9.94. The number of aromatic nitrogens is 3. The van der Waals surface area contributed by atoms with E-state index in [9.17, 15) is 4.79 Å². The molecule has 200 valence electrons. The molecule has 39 heavy (non-hydrogen) atoms. The predicted octanol–water partition coefficient (Wildman–Crippen LogP) is 6.17. The first kappa shape index (κ1) is 26.6. The Hall–Kier alpha value is -4.01. The normalized spacial score (nSPS) is 14.4. The molecule has 0 spiro atoms. The first-order chi connectivity index (χ1) is 18.9. The highest BCUT2D eigenvalue weighted by Crippen LogP contribution is 2.39. The van der Waals surface area contributed by atoms with Gasteiger partial charge >= 0.3 is 0 Å². The Labute approximate surface area is 236 Å². The fourth-order valence-corrected chi connectivity index (χ4v) is 4.91. The predicted molar refractivity (Wildman–Crippen MR) is 151 cm³/mol. The summed E-state index contributed by atoms with van der Waals surface area (Å²) in [4.78, 5) is 17.9. The highest BCUT2D eigenvalue weighted by Gasteiger charge is 2.34. The summed E-state index contributed by atoms with van der Waals surface area (Å²) in [6.07, 6.45) is 1.46. The summed E-state index contributed by atoms with van der Waals surface area (Å²) in [5.74, 6) is 1.44. The van der Waals surface area contributed by atoms with E-state index in [4.69, 9.17) is 32.7 Å². The number of hydrogen-bond acceptors (Lipinski definition) is 6. The first-order valence-corrected chi connectivity index (χ1v) is 13.2. The van der Waals surface area contributed by atoms with Crippen LogP contribution >= 0.6 is 23.2 Å². The number of halogens is 2. The molecular weight excluding hydrogens is 537 g/mol. The van der Waals surface area contributed by atoms with E-state index in [2.05, 4.69) is 20.7 Å². The van der Waals surface area contributed by atoms with E-state index in [0.717, 1.165) is 16.7 Å². The number of carbonyl (C=O) groups excluding carboxylic acids is 1. The van der Waals surface area contributed by atoms with Gasteiger partial charge in [0.1, 0.15) is 19.0 Å². The number of carbonyl (C=O) groups is 1. The molecule has 0 saturated heterocycles. The van der Waals surface area contributed by atoms with Crippen molar-refractivity contribution in [2.24, 2.45) is 0 Å². The fraction of sp³-hybridized carbons (Fsp3) is 0.207. The molecule has 4 aromatic rings. The van der Waals surface area contributed by atoms with Gasteiger partial charge in [-0.15, -0.1) is 0 Å². The van der Waals surface area contributed by atoms with E-state index in [1.54, 1.807) is 16.8 Å². The molecule has 1 aliphatic rings. The Bertz CT molecular complexity index is 1520. The van der Waals surface area contributed by atoms with Gasteiger partial charge in [0.25, 0.3) is 5.91 Å². The minimum Gasteiger partial charge on any atom is -0.490 e. The molecule has 0 fully saturated rings. The minimum absolute atomic E-state index is 0.203. The Balaban J connectivity index is 1.45. The van der Waals surface area contributed by atoms with Gasteiger partial charge in [0.05, 0.1) is 12.2 Å². The van der Waals surface area contributed by atoms with Gasteiger partial charge in [-0.05, 0) is 49.2 Å². The van der Waals surface area contributed by atoms with Crippen molar-refractivity contribution in [3.8, 4) is 11.5 Å². The Morgan fingerprint density at radius 1 is 1.05 bits per heavy atom. The summed E-state index contributed by atoms with van der Waals surface area (Å²) in [6.45, 7) is 4.83. The second-order valence-electron chi connectivity index (χ2n) is 8.93. The number of amides is 1. The molecule has 1 atom stereocenters. The molecule has 10 heteroatoms. The van der Waals surface area contributed by atoms with Crippen LogP contribution in [0.25, 0.3) is 0 Å². The van der Waals surface area contributed by atoms with E-state index in [0.29, 0.717) is 51.9 Å². The van der Waals surface area contributed by atoms with E-state index >= 15 is 0 Å². The lowest BCUT2D eigenvalue weighted by Gasteiger charge is -2.29. The van der Waals surface area contributed by atoms with E-state index in [-0.39, 0.29) is 12.5 Å². The number of nitrogens with one attached hydrogen (secondary N) is 2. The van der Waals surface area contributed by atoms with Crippen LogP contribution in [0.2, 0.25) is 10.0 Å². The van der Waals surface area contributed by atoms with Crippen LogP contribution in [0.1, 0.15) is 36.6 Å². The van der Waals surface area contributed by atoms with Gasteiger partial charge in [-0.2, -0.15) is 10.1 Å². The van der Waals surface area contributed by atoms with Crippen molar-refractivity contribution in [2.45, 2.75) is 33.0 Å². The van der Waals surface area contributed by atoms with Crippen LogP contribution in [0.3, 0.4) is 0 Å². The van der Waals surface area contributed by atoms with Crippen molar-refractivity contribution in [1.29, 1.82) is 0 Å². The van der Waals surface area contributed by atoms with Crippen LogP contribution < -0.4 is 20.1 Å². The second-order valence-corrected chi connectivity index (χ2v) is 9.77. The van der Waals surface area contributed by atoms with Crippen LogP contribution in [0.15, 0.2) is 84.3 Å². The summed E-state index contributed by atoms with van der Waals surface area (Å²) in [5.41, 5.74) is 3.84. The molecule has 0 bridgehead atoms. The zero-order chi connectivity index (χ0) is 27.4. The van der Waals surface area contributed by atoms with E-state index in [1.165, 1.54) is 6.33 Å². The molecule has 3 aromatic carbocycles. The van der Waals surface area contributed by atoms with Crippen LogP contribution in [0, 0.1) is 0 Å². The average molecular weight is 564 g/mol. The molecule has 1 unspecified atom stereocenters. The van der Waals surface area contributed by atoms with Crippen molar-refractivity contribution in [1.82, 2.24) is 20.1 Å². The number of allylic oxidation sites excluding steroid dienone is 1. The highest BCUT2D eigenvalue weighted by molar-refractivity contribution is 6.35. The minimum atomic E-state index is -0.529. The fourth-order valence-electron chi connectivity index (χ4n) is 4.44. The monoisotopic (exact) mass is 563 g/mol. The van der Waals surface area contributed by atoms with Crippen LogP contribution in [-0.4, -0.2) is 27.3 Å². The number of fused-ring (bicyclic) bond motifs is 1. The summed E-state index contributed by atoms with van der Waals surface area (Å²) >= 11 is 12.3. The smallest absolute Gasteiger partial charge is 0.251 e. The summed E-state index contributed by atoms with van der Waals surface area (Å²) in [7, 11) is 0. The van der Waals surface area contributed by atoms with Crippen molar-refractivity contribution in [2.75, 3.05) is 11.9 Å². The lowest BCUT2D eigenvalue weighted by Crippen LogP contribution is -2.34. The second kappa shape index (κ2) is 11.8. The average Bonchev–Trinajstić information content (AvgIpc) is 3.40. The molecule has 0 saturated carbocycles. The molecule has 0 aliphatic carbocycles. The number of benzene rings is 3. The SMILES string of the molecule is CCOc1cc(C2C(C(=O)NCc3ccccc3)=C(C)Nc3ncnn32)ccc1OCc1ccc(Cl)cc1Cl. The van der Waals surface area contributed by atoms with Gasteiger partial charge in [-0.3, -0.25) is 4.79 Å². The van der Waals surface area contributed by atoms with Crippen LogP contribution in [0.5, 0.6) is 11.5 Å². The van der Waals surface area contributed by atoms with Crippen molar-refractivity contribution >= 4 is 35.1 Å². The molecule has 5 rings (SSSR count). The number of hydrogen-bond donors (Lipinski definition) is 2. The maximum Gasteiger partial charge on any atom is 0.251 e. The summed E-state index contributed by atoms with van der Waals surface area (Å²) < 4.78 is 13.7. The van der Waals surface area contributed by atoms with E-state index < -0.39 is 6.04 Å². The zero-order valence-corrected chi connectivity index (χ0v) is 23.0. The lowest BCUT2D eigenvalue weighted by molar-refractivity contribution is -0.118. The largest absolute Gasteiger partial charge is 0.490 e. The molecule has 1 aromatic heterocycles. The maximum absolute atomic E-state index is 13.5. The first-order valence-electron chi connectivity index (χ1n) is 12.5. The Morgan fingerprint density at radius 3 is 2.64 bits per heavy atom. The third-order valence-electron chi connectivity index (χ3n) is 6.32. The van der Waals surface area contributed by atoms with Crippen molar-refractivity contribution in [3.05, 3.63) is 111 Å². The molecular formula is C29H27Cl2N5O3. The topological polar surface area (TPSA) is 90.3 Å². The van der Waals surface area contributed by atoms with Gasteiger partial charge < -0.3 is 20.1 Å². The van der Waals surface area contributed by atoms with Crippen LogP contribution in [0.4, 0.5) is 5.95 Å². The van der Waals surface area contributed by atoms with Gasteiger partial charge in [0.2, 0.25) is 5.95 Å². The number of rotatable bonds is 9. The van der Waals surface area contributed by atoms with Gasteiger partial charge in [-0.1, -0.05) is 65.7 Å². The Kier molecular flexibility index (Phi) is 8.05. The quantitative estimate of drug-likeness (QED) is 0.253. The molecule has 0 radical (unpaired) electrons. The third-order valence-corrected chi connectivity index (χ3v) is 6.90. The van der Waals surface area contributed by atoms with Crippen LogP contribution in [-0.2, 0) is 17.9 Å². The Morgan fingerprint density at radius 2 is 1.87 bits per heavy atom. The van der Waals surface area contributed by atoms with Crippen molar-refractivity contribution in [3.63, 3.8) is 0 Å². The third kappa shape index (κ3) is 5.87. The molecule has 1 aliphatic heterocycles. The van der Waals surface area contributed by atoms with Gasteiger partial charge in [0, 0.05) is 27.9 Å². The van der Waals surface area contributed by atoms with E-state index in [1.807, 2.05) is 68.4 Å². The zero-order valence-electron chi connectivity index (χ0n) is 21.4. The molecule has 1 amide bonds. The standard InChI is InChI=1S/C29H27Cl2N5O3/c1-3-38-25-13-20(10-12-24(25)39-16-21-9-11-22(30)14-23(21)31)27-26(18(2)35-29-33-17-34-36(27)29)28(37)32-15-19-7-5-4-6-8-19/h4-14,17,27H,3,15-16H2,1-2H3,(H,32,37)(H,33,34,35). The van der Waals surface area contributed by atoms with Gasteiger partial charge in [0.15, 0.2) is 11.5 Å². The molecule has 8 nitrogen and oxygen atoms in total. The maximum atomic E-state index is 13.5. The number of ether oxygens (including phenoxy) is 2. The number of anilines is 1. The molecule has 2 N–H and O–H groups in total. The van der Waals surface area contributed by atoms with Crippen molar-refractivity contribution < 1.29 is 14.3 Å².